The molecule has 10 aromatic rings. The lowest BCUT2D eigenvalue weighted by atomic mass is 9.84. The van der Waals surface area contributed by atoms with Gasteiger partial charge >= 0.3 is 0 Å². The maximum absolute atomic E-state index is 2.48. The predicted molar refractivity (Wildman–Crippen MR) is 254 cm³/mol. The van der Waals surface area contributed by atoms with Crippen molar-refractivity contribution in [2.45, 2.75) is 26.7 Å². The summed E-state index contributed by atoms with van der Waals surface area (Å²) < 4.78 is 0. The average molecular weight is 767 g/mol. The van der Waals surface area contributed by atoms with Crippen molar-refractivity contribution in [3.63, 3.8) is 0 Å². The van der Waals surface area contributed by atoms with Gasteiger partial charge in [0.2, 0.25) is 0 Å². The van der Waals surface area contributed by atoms with Gasteiger partial charge in [-0.25, -0.2) is 0 Å². The summed E-state index contributed by atoms with van der Waals surface area (Å²) in [6.07, 6.45) is 1.85. The van der Waals surface area contributed by atoms with Crippen molar-refractivity contribution in [1.29, 1.82) is 0 Å². The number of benzene rings is 10. The highest BCUT2D eigenvalue weighted by Crippen LogP contribution is 2.51. The van der Waals surface area contributed by atoms with Gasteiger partial charge in [-0.1, -0.05) is 151 Å². The number of para-hydroxylation sites is 4. The van der Waals surface area contributed by atoms with Gasteiger partial charge in [0, 0.05) is 47.0 Å². The minimum Gasteiger partial charge on any atom is -0.310 e. The Morgan fingerprint density at radius 2 is 0.733 bits per heavy atom. The zero-order chi connectivity index (χ0) is 39.9. The van der Waals surface area contributed by atoms with Gasteiger partial charge in [0.15, 0.2) is 0 Å². The molecule has 2 nitrogen and oxygen atoms in total. The monoisotopic (exact) mass is 766 g/mol. The largest absolute Gasteiger partial charge is 0.310 e. The minimum absolute atomic E-state index is 0.925. The van der Waals surface area contributed by atoms with E-state index in [4.69, 9.17) is 0 Å². The van der Waals surface area contributed by atoms with Crippen LogP contribution in [0.5, 0.6) is 0 Å². The lowest BCUT2D eigenvalue weighted by molar-refractivity contribution is 1.09. The number of hydrogen-bond donors (Lipinski definition) is 0. The first-order valence-electron chi connectivity index (χ1n) is 21.1. The molecular formula is C58H42N2. The van der Waals surface area contributed by atoms with E-state index in [1.165, 1.54) is 111 Å². The van der Waals surface area contributed by atoms with Crippen molar-refractivity contribution < 1.29 is 0 Å². The summed E-state index contributed by atoms with van der Waals surface area (Å²) in [5.41, 5.74) is 20.2. The number of hydrogen-bond acceptors (Lipinski definition) is 2. The smallest absolute Gasteiger partial charge is 0.0497 e. The summed E-state index contributed by atoms with van der Waals surface area (Å²) in [5, 5.41) is 7.46. The Morgan fingerprint density at radius 3 is 1.22 bits per heavy atom. The van der Waals surface area contributed by atoms with Gasteiger partial charge in [-0.2, -0.15) is 0 Å². The van der Waals surface area contributed by atoms with Gasteiger partial charge < -0.3 is 9.80 Å². The van der Waals surface area contributed by atoms with Crippen molar-refractivity contribution in [3.8, 4) is 22.3 Å². The van der Waals surface area contributed by atoms with Crippen LogP contribution >= 0.6 is 0 Å². The first-order chi connectivity index (χ1) is 29.6. The number of rotatable bonds is 4. The minimum atomic E-state index is 0.925. The van der Waals surface area contributed by atoms with Crippen LogP contribution in [-0.2, 0) is 12.8 Å². The van der Waals surface area contributed by atoms with Crippen LogP contribution in [0.1, 0.15) is 33.4 Å². The lowest BCUT2D eigenvalue weighted by Gasteiger charge is -2.34. The lowest BCUT2D eigenvalue weighted by Crippen LogP contribution is -2.18. The Bertz CT molecular complexity index is 3260. The maximum Gasteiger partial charge on any atom is 0.0497 e. The van der Waals surface area contributed by atoms with E-state index < -0.39 is 0 Å². The first-order valence-corrected chi connectivity index (χ1v) is 21.1. The van der Waals surface area contributed by atoms with Gasteiger partial charge in [-0.3, -0.25) is 0 Å². The third-order valence-corrected chi connectivity index (χ3v) is 12.8. The molecule has 2 heteroatoms. The molecule has 0 bridgehead atoms. The highest BCUT2D eigenvalue weighted by atomic mass is 15.2. The molecule has 0 unspecified atom stereocenters. The predicted octanol–water partition coefficient (Wildman–Crippen LogP) is 15.8. The molecule has 0 N–H and O–H groups in total. The Morgan fingerprint density at radius 1 is 0.317 bits per heavy atom. The number of nitrogens with zero attached hydrogens (tertiary/aromatic N) is 2. The topological polar surface area (TPSA) is 6.48 Å². The van der Waals surface area contributed by atoms with E-state index in [2.05, 4.69) is 218 Å². The molecule has 60 heavy (non-hydrogen) atoms. The fraction of sp³-hybridized carbons (Fsp3) is 0.0690. The van der Waals surface area contributed by atoms with E-state index >= 15 is 0 Å². The van der Waals surface area contributed by atoms with E-state index in [1.807, 2.05) is 0 Å². The zero-order valence-electron chi connectivity index (χ0n) is 33.8. The first kappa shape index (κ1) is 34.6. The standard InChI is InChI=1S/C58H42N2/c1-37-29-38(2)31-46(30-37)58-50-28-26-47(59-53-19-9-5-15-41(53)33-42-16-6-10-20-54(42)59)35-51(50)57(45-24-23-39-13-3-4-14-40(39)32-45)49-27-25-48(36-52(49)58)60-55-21-11-7-17-43(55)34-44-18-8-12-22-56(44)60/h3-32,35-36H,33-34H2,1-2H3. The van der Waals surface area contributed by atoms with Crippen LogP contribution in [0.15, 0.2) is 194 Å². The fourth-order valence-corrected chi connectivity index (χ4v) is 10.3. The normalized spacial score (nSPS) is 13.0. The summed E-state index contributed by atoms with van der Waals surface area (Å²) >= 11 is 0. The maximum atomic E-state index is 2.48. The van der Waals surface area contributed by atoms with Crippen molar-refractivity contribution in [2.24, 2.45) is 0 Å². The molecule has 2 heterocycles. The number of fused-ring (bicyclic) bond motifs is 7. The molecule has 0 atom stereocenters. The van der Waals surface area contributed by atoms with E-state index in [0.29, 0.717) is 0 Å². The Kier molecular flexibility index (Phi) is 7.83. The molecule has 0 saturated carbocycles. The van der Waals surface area contributed by atoms with Gasteiger partial charge in [0.25, 0.3) is 0 Å². The second-order valence-corrected chi connectivity index (χ2v) is 16.7. The Hall–Kier alpha value is -7.42. The second-order valence-electron chi connectivity index (χ2n) is 16.7. The molecule has 12 rings (SSSR count). The van der Waals surface area contributed by atoms with Gasteiger partial charge in [-0.05, 0) is 145 Å². The molecule has 0 spiro atoms. The van der Waals surface area contributed by atoms with Crippen LogP contribution in [0.4, 0.5) is 34.1 Å². The van der Waals surface area contributed by atoms with Crippen LogP contribution in [0.2, 0.25) is 0 Å². The molecule has 2 aliphatic heterocycles. The number of anilines is 6. The zero-order valence-corrected chi connectivity index (χ0v) is 33.8. The molecule has 10 aromatic carbocycles. The quantitative estimate of drug-likeness (QED) is 0.165. The van der Waals surface area contributed by atoms with E-state index in [-0.39, 0.29) is 0 Å². The van der Waals surface area contributed by atoms with Crippen LogP contribution < -0.4 is 9.80 Å². The summed E-state index contributed by atoms with van der Waals surface area (Å²) in [7, 11) is 0. The van der Waals surface area contributed by atoms with Gasteiger partial charge in [-0.15, -0.1) is 0 Å². The molecular weight excluding hydrogens is 725 g/mol. The molecule has 284 valence electrons. The van der Waals surface area contributed by atoms with Crippen molar-refractivity contribution in [3.05, 3.63) is 228 Å². The molecule has 2 aliphatic rings. The summed E-state index contributed by atoms with van der Waals surface area (Å²) in [6.45, 7) is 4.45. The molecule has 0 aromatic heterocycles. The second kappa shape index (κ2) is 13.6. The molecule has 0 fully saturated rings. The molecule has 0 amide bonds. The van der Waals surface area contributed by atoms with E-state index in [0.717, 1.165) is 24.2 Å². The summed E-state index contributed by atoms with van der Waals surface area (Å²) in [5.74, 6) is 0. The van der Waals surface area contributed by atoms with Crippen LogP contribution in [-0.4, -0.2) is 0 Å². The Balaban J connectivity index is 1.20. The van der Waals surface area contributed by atoms with Crippen LogP contribution in [0.3, 0.4) is 0 Å². The molecule has 0 aliphatic carbocycles. The fourth-order valence-electron chi connectivity index (χ4n) is 10.3. The highest BCUT2D eigenvalue weighted by Gasteiger charge is 2.28. The SMILES string of the molecule is Cc1cc(C)cc(-c2c3ccc(N4c5ccccc5Cc5ccccc54)cc3c(-c3ccc4ccccc4c3)c3ccc(N4c5ccccc5Cc5ccccc54)cc23)c1. The van der Waals surface area contributed by atoms with E-state index in [1.54, 1.807) is 0 Å². The highest BCUT2D eigenvalue weighted by molar-refractivity contribution is 6.23. The third kappa shape index (κ3) is 5.48. The molecule has 0 saturated heterocycles. The number of aryl methyl sites for hydroxylation is 2. The van der Waals surface area contributed by atoms with Crippen molar-refractivity contribution in [1.82, 2.24) is 0 Å². The van der Waals surface area contributed by atoms with Crippen LogP contribution in [0.25, 0.3) is 54.6 Å². The van der Waals surface area contributed by atoms with Gasteiger partial charge in [0.1, 0.15) is 0 Å². The van der Waals surface area contributed by atoms with Crippen LogP contribution in [0, 0.1) is 13.8 Å². The van der Waals surface area contributed by atoms with Gasteiger partial charge in [0.05, 0.1) is 0 Å². The Labute approximate surface area is 351 Å². The third-order valence-electron chi connectivity index (χ3n) is 12.8. The summed E-state index contributed by atoms with van der Waals surface area (Å²) in [4.78, 5) is 4.96. The van der Waals surface area contributed by atoms with E-state index in [9.17, 15) is 0 Å². The van der Waals surface area contributed by atoms with Crippen molar-refractivity contribution >= 4 is 66.4 Å². The summed E-state index contributed by atoms with van der Waals surface area (Å²) in [6, 6.07) is 72.8. The van der Waals surface area contributed by atoms with Crippen molar-refractivity contribution in [2.75, 3.05) is 9.80 Å². The molecule has 0 radical (unpaired) electrons. The average Bonchev–Trinajstić information content (AvgIpc) is 3.28.